The van der Waals surface area contributed by atoms with Crippen LogP contribution >= 0.6 is 0 Å². The molecule has 0 bridgehead atoms. The molecule has 1 saturated carbocycles. The fourth-order valence-electron chi connectivity index (χ4n) is 3.39. The minimum absolute atomic E-state index is 0.127. The summed E-state index contributed by atoms with van der Waals surface area (Å²) in [6.45, 7) is 4.13. The van der Waals surface area contributed by atoms with Gasteiger partial charge in [0.1, 0.15) is 0 Å². The molecule has 3 rings (SSSR count). The molecule has 26 heavy (non-hydrogen) atoms. The summed E-state index contributed by atoms with van der Waals surface area (Å²) in [4.78, 5) is 25.2. The molecule has 138 valence electrons. The maximum absolute atomic E-state index is 12.8. The minimum atomic E-state index is -0.340. The zero-order valence-electron chi connectivity index (χ0n) is 15.5. The van der Waals surface area contributed by atoms with Crippen LogP contribution in [0.3, 0.4) is 0 Å². The van der Waals surface area contributed by atoms with Gasteiger partial charge in [-0.05, 0) is 37.8 Å². The number of aryl methyl sites for hydroxylation is 1. The van der Waals surface area contributed by atoms with E-state index in [1.165, 1.54) is 24.3 Å². The van der Waals surface area contributed by atoms with Crippen molar-refractivity contribution in [2.24, 2.45) is 5.92 Å². The fraction of sp³-hybridized carbons (Fsp3) is 0.450. The highest BCUT2D eigenvalue weighted by atomic mass is 16.5. The number of hydrogen-bond donors (Lipinski definition) is 1. The predicted molar refractivity (Wildman–Crippen MR) is 100 cm³/mol. The molecule has 6 nitrogen and oxygen atoms in total. The van der Waals surface area contributed by atoms with Crippen molar-refractivity contribution in [2.75, 3.05) is 7.11 Å². The van der Waals surface area contributed by atoms with Gasteiger partial charge >= 0.3 is 0 Å². The Labute approximate surface area is 153 Å². The van der Waals surface area contributed by atoms with Crippen LogP contribution in [-0.4, -0.2) is 28.8 Å². The number of ether oxygens (including phenoxy) is 1. The lowest BCUT2D eigenvalue weighted by Gasteiger charge is -2.29. The van der Waals surface area contributed by atoms with Crippen LogP contribution in [0.15, 0.2) is 35.1 Å². The van der Waals surface area contributed by atoms with E-state index in [4.69, 9.17) is 4.74 Å². The molecule has 2 atom stereocenters. The molecule has 6 heteroatoms. The number of nitrogens with zero attached hydrogens (tertiary/aromatic N) is 2. The number of nitrogens with one attached hydrogen (secondary N) is 1. The van der Waals surface area contributed by atoms with Gasteiger partial charge < -0.3 is 10.1 Å². The van der Waals surface area contributed by atoms with Crippen molar-refractivity contribution in [3.8, 4) is 11.4 Å². The van der Waals surface area contributed by atoms with Crippen LogP contribution in [0.1, 0.15) is 48.7 Å². The van der Waals surface area contributed by atoms with E-state index >= 15 is 0 Å². The van der Waals surface area contributed by atoms with Crippen molar-refractivity contribution in [3.05, 3.63) is 51.9 Å². The van der Waals surface area contributed by atoms with Crippen LogP contribution in [0.4, 0.5) is 0 Å². The van der Waals surface area contributed by atoms with Gasteiger partial charge in [0.15, 0.2) is 11.4 Å². The summed E-state index contributed by atoms with van der Waals surface area (Å²) in [5.74, 6) is 0.322. The number of carbonyl (C=O) groups is 1. The number of aromatic nitrogens is 2. The first-order chi connectivity index (χ1) is 12.5. The van der Waals surface area contributed by atoms with Gasteiger partial charge in [0.2, 0.25) is 0 Å². The van der Waals surface area contributed by atoms with Crippen LogP contribution in [0.2, 0.25) is 0 Å². The van der Waals surface area contributed by atoms with Gasteiger partial charge in [0.05, 0.1) is 18.9 Å². The van der Waals surface area contributed by atoms with E-state index in [0.717, 1.165) is 24.8 Å². The Kier molecular flexibility index (Phi) is 5.40. The van der Waals surface area contributed by atoms with Gasteiger partial charge in [-0.25, -0.2) is 0 Å². The average molecular weight is 355 g/mol. The molecule has 1 aromatic heterocycles. The van der Waals surface area contributed by atoms with Crippen molar-refractivity contribution in [2.45, 2.75) is 45.6 Å². The molecule has 2 unspecified atom stereocenters. The largest absolute Gasteiger partial charge is 0.494 e. The lowest BCUT2D eigenvalue weighted by molar-refractivity contribution is 0.0899. The monoisotopic (exact) mass is 355 g/mol. The van der Waals surface area contributed by atoms with Crippen LogP contribution in [-0.2, 0) is 0 Å². The summed E-state index contributed by atoms with van der Waals surface area (Å²) in [5.41, 5.74) is 1.49. The first-order valence-corrected chi connectivity index (χ1v) is 9.06. The van der Waals surface area contributed by atoms with E-state index in [1.54, 1.807) is 12.1 Å². The molecule has 1 heterocycles. The van der Waals surface area contributed by atoms with Crippen LogP contribution in [0, 0.1) is 12.8 Å². The third kappa shape index (κ3) is 3.79. The van der Waals surface area contributed by atoms with Crippen molar-refractivity contribution in [1.29, 1.82) is 0 Å². The van der Waals surface area contributed by atoms with E-state index in [-0.39, 0.29) is 29.0 Å². The van der Waals surface area contributed by atoms with E-state index in [2.05, 4.69) is 17.3 Å². The summed E-state index contributed by atoms with van der Waals surface area (Å²) >= 11 is 0. The molecule has 1 aliphatic carbocycles. The minimum Gasteiger partial charge on any atom is -0.494 e. The van der Waals surface area contributed by atoms with Crippen LogP contribution in [0.25, 0.3) is 5.69 Å². The smallest absolute Gasteiger partial charge is 0.275 e. The Hall–Kier alpha value is -2.63. The zero-order chi connectivity index (χ0) is 18.7. The van der Waals surface area contributed by atoms with E-state index < -0.39 is 0 Å². The maximum Gasteiger partial charge on any atom is 0.275 e. The van der Waals surface area contributed by atoms with Crippen LogP contribution < -0.4 is 15.6 Å². The standard InChI is InChI=1S/C20H25N3O3/c1-13-8-10-15(11-9-13)23-18(24)12-17(26-3)19(22-23)20(25)21-16-7-5-4-6-14(16)2/h8-12,14,16H,4-7H2,1-3H3,(H,21,25). The maximum atomic E-state index is 12.8. The summed E-state index contributed by atoms with van der Waals surface area (Å²) in [6, 6.07) is 8.85. The second-order valence-electron chi connectivity index (χ2n) is 6.99. The topological polar surface area (TPSA) is 73.2 Å². The summed E-state index contributed by atoms with van der Waals surface area (Å²) in [7, 11) is 1.44. The normalized spacial score (nSPS) is 19.8. The fourth-order valence-corrected chi connectivity index (χ4v) is 3.39. The Morgan fingerprint density at radius 3 is 2.58 bits per heavy atom. The second-order valence-corrected chi connectivity index (χ2v) is 6.99. The van der Waals surface area contributed by atoms with Crippen LogP contribution in [0.5, 0.6) is 5.75 Å². The molecule has 1 amide bonds. The van der Waals surface area contributed by atoms with Gasteiger partial charge in [-0.2, -0.15) is 9.78 Å². The SMILES string of the molecule is COc1cc(=O)n(-c2ccc(C)cc2)nc1C(=O)NC1CCCCC1C. The first-order valence-electron chi connectivity index (χ1n) is 9.06. The van der Waals surface area contributed by atoms with Crippen molar-refractivity contribution < 1.29 is 9.53 Å². The summed E-state index contributed by atoms with van der Waals surface area (Å²) < 4.78 is 6.47. The molecule has 1 fully saturated rings. The second kappa shape index (κ2) is 7.72. The van der Waals surface area contributed by atoms with Gasteiger partial charge in [-0.3, -0.25) is 9.59 Å². The number of rotatable bonds is 4. The number of methoxy groups -OCH3 is 1. The summed E-state index contributed by atoms with van der Waals surface area (Å²) in [6.07, 6.45) is 4.39. The Bertz CT molecular complexity index is 842. The molecule has 0 saturated heterocycles. The first kappa shape index (κ1) is 18.2. The van der Waals surface area contributed by atoms with Crippen molar-refractivity contribution >= 4 is 5.91 Å². The number of carbonyl (C=O) groups excluding carboxylic acids is 1. The third-order valence-electron chi connectivity index (χ3n) is 5.04. The lowest BCUT2D eigenvalue weighted by Crippen LogP contribution is -2.42. The highest BCUT2D eigenvalue weighted by Crippen LogP contribution is 2.24. The Morgan fingerprint density at radius 1 is 1.23 bits per heavy atom. The zero-order valence-corrected chi connectivity index (χ0v) is 15.5. The molecule has 0 spiro atoms. The number of hydrogen-bond acceptors (Lipinski definition) is 4. The molecule has 2 aromatic rings. The predicted octanol–water partition coefficient (Wildman–Crippen LogP) is 2.86. The van der Waals surface area contributed by atoms with E-state index in [0.29, 0.717) is 11.6 Å². The summed E-state index contributed by atoms with van der Waals surface area (Å²) in [5, 5.41) is 7.37. The Morgan fingerprint density at radius 2 is 1.92 bits per heavy atom. The van der Waals surface area contributed by atoms with Gasteiger partial charge in [-0.1, -0.05) is 37.5 Å². The van der Waals surface area contributed by atoms with E-state index in [9.17, 15) is 9.59 Å². The number of amides is 1. The Balaban J connectivity index is 1.94. The molecule has 0 aliphatic heterocycles. The molecule has 1 aliphatic rings. The van der Waals surface area contributed by atoms with Gasteiger partial charge in [0.25, 0.3) is 11.5 Å². The third-order valence-corrected chi connectivity index (χ3v) is 5.04. The highest BCUT2D eigenvalue weighted by molar-refractivity contribution is 5.95. The van der Waals surface area contributed by atoms with Gasteiger partial charge in [-0.15, -0.1) is 0 Å². The quantitative estimate of drug-likeness (QED) is 0.915. The average Bonchev–Trinajstić information content (AvgIpc) is 2.64. The molecular weight excluding hydrogens is 330 g/mol. The molecular formula is C20H25N3O3. The van der Waals surface area contributed by atoms with E-state index in [1.807, 2.05) is 19.1 Å². The molecule has 1 aromatic carbocycles. The molecule has 0 radical (unpaired) electrons. The van der Waals surface area contributed by atoms with Crippen molar-refractivity contribution in [3.63, 3.8) is 0 Å². The van der Waals surface area contributed by atoms with Crippen molar-refractivity contribution in [1.82, 2.24) is 15.1 Å². The number of benzene rings is 1. The van der Waals surface area contributed by atoms with Gasteiger partial charge in [0, 0.05) is 6.04 Å². The lowest BCUT2D eigenvalue weighted by atomic mass is 9.86. The highest BCUT2D eigenvalue weighted by Gasteiger charge is 2.26. The molecule has 1 N–H and O–H groups in total.